The van der Waals surface area contributed by atoms with Crippen molar-refractivity contribution in [1.82, 2.24) is 9.88 Å². The van der Waals surface area contributed by atoms with Gasteiger partial charge in [0.25, 0.3) is 0 Å². The summed E-state index contributed by atoms with van der Waals surface area (Å²) in [5.41, 5.74) is -0.176. The first-order valence-corrected chi connectivity index (χ1v) is 7.83. The van der Waals surface area contributed by atoms with Gasteiger partial charge < -0.3 is 14.9 Å². The zero-order valence-electron chi connectivity index (χ0n) is 12.3. The molecule has 2 heterocycles. The van der Waals surface area contributed by atoms with Crippen molar-refractivity contribution < 1.29 is 14.3 Å². The fourth-order valence-corrected chi connectivity index (χ4v) is 2.96. The van der Waals surface area contributed by atoms with E-state index in [0.717, 1.165) is 0 Å². The monoisotopic (exact) mass is 407 g/mol. The average Bonchev–Trinajstić information content (AvgIpc) is 2.40. The van der Waals surface area contributed by atoms with E-state index in [1.54, 1.807) is 6.07 Å². The van der Waals surface area contributed by atoms with Crippen LogP contribution in [0.15, 0.2) is 12.3 Å². The van der Waals surface area contributed by atoms with E-state index < -0.39 is 6.09 Å². The topological polar surface area (TPSA) is 56.7 Å². The van der Waals surface area contributed by atoms with Gasteiger partial charge in [0.15, 0.2) is 5.82 Å². The molecule has 2 rings (SSSR count). The van der Waals surface area contributed by atoms with Crippen LogP contribution in [0.25, 0.3) is 0 Å². The Hall–Kier alpha value is -1.12. The lowest BCUT2D eigenvalue weighted by molar-refractivity contribution is 0.0747. The van der Waals surface area contributed by atoms with Gasteiger partial charge in [-0.25, -0.2) is 14.2 Å². The summed E-state index contributed by atoms with van der Waals surface area (Å²) in [5.74, 6) is 0.357. The number of hydrogen-bond donors (Lipinski definition) is 1. The number of anilines is 1. The van der Waals surface area contributed by atoms with Gasteiger partial charge in [-0.15, -0.1) is 0 Å². The maximum absolute atomic E-state index is 13.3. The molecule has 0 radical (unpaired) electrons. The summed E-state index contributed by atoms with van der Waals surface area (Å²) in [4.78, 5) is 19.0. The Labute approximate surface area is 137 Å². The lowest BCUT2D eigenvalue weighted by atomic mass is 9.84. The summed E-state index contributed by atoms with van der Waals surface area (Å²) in [6.45, 7) is 7.63. The van der Waals surface area contributed by atoms with Crippen molar-refractivity contribution in [2.24, 2.45) is 5.41 Å². The lowest BCUT2D eigenvalue weighted by Crippen LogP contribution is -2.59. The molecule has 0 aliphatic carbocycles. The minimum absolute atomic E-state index is 0.131. The fraction of sp³-hybridized carbons (Fsp3) is 0.571. The van der Waals surface area contributed by atoms with E-state index in [-0.39, 0.29) is 17.3 Å². The Morgan fingerprint density at radius 3 is 2.67 bits per heavy atom. The van der Waals surface area contributed by atoms with Crippen LogP contribution in [0, 0.1) is 14.8 Å². The van der Waals surface area contributed by atoms with Crippen molar-refractivity contribution in [2.45, 2.75) is 26.8 Å². The summed E-state index contributed by atoms with van der Waals surface area (Å²) in [6.07, 6.45) is 0.323. The molecule has 0 bridgehead atoms. The molecule has 5 nitrogen and oxygen atoms in total. The molecule has 1 aliphatic rings. The molecule has 1 saturated heterocycles. The standard InChI is InChI=1S/C14H19FIN3O2/c1-14(2,3)11-8-18(4-5-19(11)13(20)21)12-6-10(16)9(15)7-17-12/h6-7,11H,4-5,8H2,1-3H3,(H,20,21). The highest BCUT2D eigenvalue weighted by atomic mass is 127. The maximum atomic E-state index is 13.3. The van der Waals surface area contributed by atoms with E-state index in [4.69, 9.17) is 0 Å². The third kappa shape index (κ3) is 3.56. The number of aromatic nitrogens is 1. The first-order chi connectivity index (χ1) is 9.70. The van der Waals surface area contributed by atoms with E-state index in [1.165, 1.54) is 11.1 Å². The molecule has 21 heavy (non-hydrogen) atoms. The van der Waals surface area contributed by atoms with Crippen LogP contribution < -0.4 is 4.90 Å². The molecule has 1 amide bonds. The van der Waals surface area contributed by atoms with Crippen LogP contribution in [-0.4, -0.2) is 46.8 Å². The molecule has 1 aromatic heterocycles. The first-order valence-electron chi connectivity index (χ1n) is 6.75. The van der Waals surface area contributed by atoms with Crippen LogP contribution in [0.5, 0.6) is 0 Å². The number of carboxylic acid groups (broad SMARTS) is 1. The molecule has 116 valence electrons. The minimum atomic E-state index is -0.892. The van der Waals surface area contributed by atoms with Gasteiger partial charge in [-0.3, -0.25) is 0 Å². The van der Waals surface area contributed by atoms with Crippen LogP contribution in [0.4, 0.5) is 15.0 Å². The number of amides is 1. The van der Waals surface area contributed by atoms with Crippen molar-refractivity contribution in [3.63, 3.8) is 0 Å². The van der Waals surface area contributed by atoms with Crippen LogP contribution in [-0.2, 0) is 0 Å². The Bertz CT molecular complexity index is 548. The molecule has 1 fully saturated rings. The minimum Gasteiger partial charge on any atom is -0.465 e. The molecule has 0 spiro atoms. The fourth-order valence-electron chi connectivity index (χ4n) is 2.54. The Kier molecular flexibility index (Phi) is 4.60. The van der Waals surface area contributed by atoms with Gasteiger partial charge in [-0.2, -0.15) is 0 Å². The van der Waals surface area contributed by atoms with Gasteiger partial charge >= 0.3 is 6.09 Å². The van der Waals surface area contributed by atoms with E-state index in [2.05, 4.69) is 4.98 Å². The Balaban J connectivity index is 2.25. The Morgan fingerprint density at radius 2 is 2.14 bits per heavy atom. The normalized spacial score (nSPS) is 19.8. The van der Waals surface area contributed by atoms with Gasteiger partial charge in [0, 0.05) is 19.6 Å². The number of nitrogens with zero attached hydrogens (tertiary/aromatic N) is 3. The van der Waals surface area contributed by atoms with Gasteiger partial charge in [0.2, 0.25) is 0 Å². The molecule has 1 aromatic rings. The summed E-state index contributed by atoms with van der Waals surface area (Å²) >= 11 is 1.94. The molecular weight excluding hydrogens is 388 g/mol. The van der Waals surface area contributed by atoms with Crippen LogP contribution in [0.2, 0.25) is 0 Å². The molecule has 0 saturated carbocycles. The molecule has 1 N–H and O–H groups in total. The highest BCUT2D eigenvalue weighted by molar-refractivity contribution is 14.1. The summed E-state index contributed by atoms with van der Waals surface area (Å²) < 4.78 is 13.8. The maximum Gasteiger partial charge on any atom is 0.407 e. The third-order valence-corrected chi connectivity index (χ3v) is 4.57. The predicted octanol–water partition coefficient (Wildman–Crippen LogP) is 3.04. The smallest absolute Gasteiger partial charge is 0.407 e. The highest BCUT2D eigenvalue weighted by Gasteiger charge is 2.38. The number of hydrogen-bond acceptors (Lipinski definition) is 3. The summed E-state index contributed by atoms with van der Waals surface area (Å²) in [6, 6.07) is 1.57. The molecule has 1 aliphatic heterocycles. The third-order valence-electron chi connectivity index (χ3n) is 3.74. The number of rotatable bonds is 1. The van der Waals surface area contributed by atoms with Gasteiger partial charge in [0.05, 0.1) is 15.8 Å². The van der Waals surface area contributed by atoms with Crippen molar-refractivity contribution in [1.29, 1.82) is 0 Å². The lowest BCUT2D eigenvalue weighted by Gasteiger charge is -2.46. The van der Waals surface area contributed by atoms with Crippen molar-refractivity contribution in [3.8, 4) is 0 Å². The van der Waals surface area contributed by atoms with Gasteiger partial charge in [0.1, 0.15) is 5.82 Å². The second-order valence-electron chi connectivity index (χ2n) is 6.26. The van der Waals surface area contributed by atoms with Gasteiger partial charge in [-0.05, 0) is 34.1 Å². The van der Waals surface area contributed by atoms with Gasteiger partial charge in [-0.1, -0.05) is 20.8 Å². The second-order valence-corrected chi connectivity index (χ2v) is 7.42. The van der Waals surface area contributed by atoms with Crippen LogP contribution in [0.3, 0.4) is 0 Å². The molecular formula is C14H19FIN3O2. The molecule has 7 heteroatoms. The summed E-state index contributed by atoms with van der Waals surface area (Å²) in [7, 11) is 0. The SMILES string of the molecule is CC(C)(C)C1CN(c2cc(I)c(F)cn2)CCN1C(=O)O. The largest absolute Gasteiger partial charge is 0.465 e. The van der Waals surface area contributed by atoms with E-state index in [1.807, 2.05) is 48.3 Å². The van der Waals surface area contributed by atoms with Crippen LogP contribution >= 0.6 is 22.6 Å². The predicted molar refractivity (Wildman–Crippen MR) is 87.1 cm³/mol. The number of halogens is 2. The van der Waals surface area contributed by atoms with Crippen molar-refractivity contribution in [3.05, 3.63) is 21.7 Å². The summed E-state index contributed by atoms with van der Waals surface area (Å²) in [5, 5.41) is 9.35. The van der Waals surface area contributed by atoms with E-state index in [0.29, 0.717) is 29.0 Å². The number of pyridine rings is 1. The molecule has 1 atom stereocenters. The van der Waals surface area contributed by atoms with Crippen LogP contribution in [0.1, 0.15) is 20.8 Å². The highest BCUT2D eigenvalue weighted by Crippen LogP contribution is 2.30. The molecule has 1 unspecified atom stereocenters. The second kappa shape index (κ2) is 5.94. The van der Waals surface area contributed by atoms with E-state index >= 15 is 0 Å². The van der Waals surface area contributed by atoms with Crippen molar-refractivity contribution >= 4 is 34.5 Å². The first kappa shape index (κ1) is 16.3. The number of piperazine rings is 1. The number of carbonyl (C=O) groups is 1. The zero-order valence-corrected chi connectivity index (χ0v) is 14.5. The quantitative estimate of drug-likeness (QED) is 0.728. The zero-order chi connectivity index (χ0) is 15.8. The van der Waals surface area contributed by atoms with E-state index in [9.17, 15) is 14.3 Å². The van der Waals surface area contributed by atoms with Crippen molar-refractivity contribution in [2.75, 3.05) is 24.5 Å². The average molecular weight is 407 g/mol. The Morgan fingerprint density at radius 1 is 1.48 bits per heavy atom. The molecule has 0 aromatic carbocycles.